The van der Waals surface area contributed by atoms with Crippen molar-refractivity contribution in [1.29, 1.82) is 0 Å². The smallest absolute Gasteiger partial charge is 0.262 e. The zero-order valence-electron chi connectivity index (χ0n) is 14.2. The van der Waals surface area contributed by atoms with Gasteiger partial charge in [0.05, 0.1) is 17.3 Å². The molecule has 2 aromatic carbocycles. The molecule has 0 aliphatic carbocycles. The Kier molecular flexibility index (Phi) is 4.25. The largest absolute Gasteiger partial charge is 0.545 e. The highest BCUT2D eigenvalue weighted by Crippen LogP contribution is 2.33. The second kappa shape index (κ2) is 6.75. The van der Waals surface area contributed by atoms with Gasteiger partial charge in [-0.1, -0.05) is 30.3 Å². The summed E-state index contributed by atoms with van der Waals surface area (Å²) in [6, 6.07) is 13.1. The minimum atomic E-state index is -1.36. The summed E-state index contributed by atoms with van der Waals surface area (Å²) in [5, 5.41) is 21.9. The summed E-state index contributed by atoms with van der Waals surface area (Å²) in [6.07, 6.45) is 3.11. The summed E-state index contributed by atoms with van der Waals surface area (Å²) >= 11 is 5.16. The van der Waals surface area contributed by atoms with E-state index in [4.69, 9.17) is 12.2 Å². The molecule has 138 valence electrons. The number of nitrogens with zero attached hydrogens (tertiary/aromatic N) is 2. The number of fused-ring (bicyclic) bond motifs is 1. The number of carboxylic acid groups (broad SMARTS) is 1. The molecule has 1 aliphatic rings. The Labute approximate surface area is 163 Å². The van der Waals surface area contributed by atoms with Crippen LogP contribution in [0.2, 0.25) is 0 Å². The number of rotatable bonds is 3. The average Bonchev–Trinajstić information content (AvgIpc) is 3.08. The van der Waals surface area contributed by atoms with Crippen LogP contribution in [0.1, 0.15) is 21.5 Å². The molecule has 0 unspecified atom stereocenters. The first-order chi connectivity index (χ1) is 13.5. The molecule has 4 rings (SSSR count). The molecule has 0 amide bonds. The van der Waals surface area contributed by atoms with Crippen LogP contribution in [-0.4, -0.2) is 26.8 Å². The van der Waals surface area contributed by atoms with Gasteiger partial charge >= 0.3 is 0 Å². The SMILES string of the molecule is O=C([O-])c1cccc(-n2c(O)c(/C=C3\C=Nc4ccccc43)c(=O)[nH]c2=S)c1. The number of para-hydroxylation sites is 1. The van der Waals surface area contributed by atoms with E-state index in [0.29, 0.717) is 5.57 Å². The lowest BCUT2D eigenvalue weighted by atomic mass is 10.1. The van der Waals surface area contributed by atoms with Crippen LogP contribution in [0, 0.1) is 4.77 Å². The fourth-order valence-electron chi connectivity index (χ4n) is 2.99. The van der Waals surface area contributed by atoms with Gasteiger partial charge in [-0.15, -0.1) is 0 Å². The number of allylic oxidation sites excluding steroid dienone is 1. The van der Waals surface area contributed by atoms with Crippen LogP contribution < -0.4 is 10.7 Å². The lowest BCUT2D eigenvalue weighted by molar-refractivity contribution is -0.255. The quantitative estimate of drug-likeness (QED) is 0.666. The van der Waals surface area contributed by atoms with Gasteiger partial charge in [0.15, 0.2) is 4.77 Å². The first-order valence-electron chi connectivity index (χ1n) is 8.21. The number of aliphatic imine (C=N–C) groups is 1. The molecular formula is C20H12N3O4S-. The number of H-pyrrole nitrogens is 1. The predicted molar refractivity (Wildman–Crippen MR) is 106 cm³/mol. The number of carboxylic acids is 1. The van der Waals surface area contributed by atoms with E-state index >= 15 is 0 Å². The second-order valence-electron chi connectivity index (χ2n) is 6.04. The van der Waals surface area contributed by atoms with E-state index in [1.54, 1.807) is 12.3 Å². The van der Waals surface area contributed by atoms with Crippen molar-refractivity contribution in [3.05, 3.63) is 80.3 Å². The third-order valence-corrected chi connectivity index (χ3v) is 4.60. The minimum absolute atomic E-state index is 0.0226. The van der Waals surface area contributed by atoms with Crippen molar-refractivity contribution in [3.8, 4) is 11.6 Å². The standard InChI is InChI=1S/C20H13N3O4S/c24-17-15(9-12-10-21-16-7-2-1-6-14(12)16)18(25)23(20(28)22-17)13-5-3-4-11(8-13)19(26)27/h1-10,25H,(H,26,27)(H,22,24,28)/p-1/b12-9+. The summed E-state index contributed by atoms with van der Waals surface area (Å²) in [6.45, 7) is 0. The van der Waals surface area contributed by atoms with Crippen molar-refractivity contribution in [2.24, 2.45) is 4.99 Å². The fraction of sp³-hybridized carbons (Fsp3) is 0. The maximum Gasteiger partial charge on any atom is 0.262 e. The molecule has 1 aliphatic heterocycles. The monoisotopic (exact) mass is 390 g/mol. The van der Waals surface area contributed by atoms with Crippen molar-refractivity contribution in [2.45, 2.75) is 0 Å². The first kappa shape index (κ1) is 17.6. The first-order valence-corrected chi connectivity index (χ1v) is 8.62. The molecule has 0 fully saturated rings. The summed E-state index contributed by atoms with van der Waals surface area (Å²) in [7, 11) is 0. The van der Waals surface area contributed by atoms with Gasteiger partial charge in [0, 0.05) is 17.4 Å². The number of aromatic amines is 1. The number of hydrogen-bond acceptors (Lipinski definition) is 6. The molecule has 0 saturated carbocycles. The van der Waals surface area contributed by atoms with Crippen molar-refractivity contribution in [3.63, 3.8) is 0 Å². The van der Waals surface area contributed by atoms with E-state index in [-0.39, 0.29) is 21.6 Å². The van der Waals surface area contributed by atoms with E-state index in [1.807, 2.05) is 24.3 Å². The summed E-state index contributed by atoms with van der Waals surface area (Å²) in [5.41, 5.74) is 1.85. The molecule has 7 nitrogen and oxygen atoms in total. The minimum Gasteiger partial charge on any atom is -0.545 e. The Hall–Kier alpha value is -3.78. The lowest BCUT2D eigenvalue weighted by Gasteiger charge is -2.13. The van der Waals surface area contributed by atoms with Crippen LogP contribution in [0.15, 0.2) is 58.3 Å². The van der Waals surface area contributed by atoms with Gasteiger partial charge in [-0.25, -0.2) is 0 Å². The number of hydrogen-bond donors (Lipinski definition) is 2. The van der Waals surface area contributed by atoms with E-state index < -0.39 is 17.4 Å². The molecule has 0 saturated heterocycles. The Bertz CT molecular complexity index is 1300. The van der Waals surface area contributed by atoms with Gasteiger partial charge in [0.25, 0.3) is 5.56 Å². The number of aromatic hydroxyl groups is 1. The van der Waals surface area contributed by atoms with Crippen molar-refractivity contribution < 1.29 is 15.0 Å². The van der Waals surface area contributed by atoms with Crippen LogP contribution in [0.4, 0.5) is 5.69 Å². The van der Waals surface area contributed by atoms with Crippen molar-refractivity contribution in [1.82, 2.24) is 9.55 Å². The molecule has 1 aromatic heterocycles. The number of aromatic carboxylic acids is 1. The van der Waals surface area contributed by atoms with Crippen LogP contribution >= 0.6 is 12.2 Å². The van der Waals surface area contributed by atoms with E-state index in [1.165, 1.54) is 28.8 Å². The average molecular weight is 390 g/mol. The molecule has 2 N–H and O–H groups in total. The lowest BCUT2D eigenvalue weighted by Crippen LogP contribution is -2.22. The van der Waals surface area contributed by atoms with Crippen LogP contribution in [0.3, 0.4) is 0 Å². The van der Waals surface area contributed by atoms with Gasteiger partial charge < -0.3 is 15.0 Å². The highest BCUT2D eigenvalue weighted by molar-refractivity contribution is 7.71. The number of aromatic nitrogens is 2. The summed E-state index contributed by atoms with van der Waals surface area (Å²) in [4.78, 5) is 30.3. The van der Waals surface area contributed by atoms with Gasteiger partial charge in [0.1, 0.15) is 5.56 Å². The second-order valence-corrected chi connectivity index (χ2v) is 6.43. The molecule has 3 aromatic rings. The van der Waals surface area contributed by atoms with Crippen LogP contribution in [0.5, 0.6) is 5.88 Å². The Morgan fingerprint density at radius 3 is 2.79 bits per heavy atom. The van der Waals surface area contributed by atoms with Gasteiger partial charge in [-0.05, 0) is 42.1 Å². The summed E-state index contributed by atoms with van der Waals surface area (Å²) < 4.78 is 1.12. The number of benzene rings is 2. The Balaban J connectivity index is 1.91. The molecule has 0 spiro atoms. The van der Waals surface area contributed by atoms with Crippen LogP contribution in [-0.2, 0) is 0 Å². The third kappa shape index (κ3) is 2.95. The fourth-order valence-corrected chi connectivity index (χ4v) is 3.27. The van der Waals surface area contributed by atoms with Gasteiger partial charge in [-0.2, -0.15) is 0 Å². The van der Waals surface area contributed by atoms with E-state index in [2.05, 4.69) is 9.98 Å². The van der Waals surface area contributed by atoms with Crippen molar-refractivity contribution >= 4 is 41.7 Å². The van der Waals surface area contributed by atoms with Crippen molar-refractivity contribution in [2.75, 3.05) is 0 Å². The summed E-state index contributed by atoms with van der Waals surface area (Å²) in [5.74, 6) is -1.77. The Morgan fingerprint density at radius 2 is 2.00 bits per heavy atom. The van der Waals surface area contributed by atoms with Gasteiger partial charge in [0.2, 0.25) is 5.88 Å². The Morgan fingerprint density at radius 1 is 1.21 bits per heavy atom. The third-order valence-electron chi connectivity index (χ3n) is 4.32. The molecular weight excluding hydrogens is 378 g/mol. The molecule has 0 bridgehead atoms. The number of carbonyl (C=O) groups excluding carboxylic acids is 1. The highest BCUT2D eigenvalue weighted by Gasteiger charge is 2.16. The number of carbonyl (C=O) groups is 1. The zero-order valence-corrected chi connectivity index (χ0v) is 15.1. The molecule has 8 heteroatoms. The maximum absolute atomic E-state index is 12.4. The topological polar surface area (TPSA) is 111 Å². The maximum atomic E-state index is 12.4. The molecule has 2 heterocycles. The normalized spacial score (nSPS) is 13.6. The van der Waals surface area contributed by atoms with Crippen LogP contribution in [0.25, 0.3) is 17.3 Å². The van der Waals surface area contributed by atoms with E-state index in [0.717, 1.165) is 11.3 Å². The molecule has 0 atom stereocenters. The predicted octanol–water partition coefficient (Wildman–Crippen LogP) is 2.22. The molecule has 28 heavy (non-hydrogen) atoms. The van der Waals surface area contributed by atoms with Gasteiger partial charge in [-0.3, -0.25) is 19.3 Å². The number of nitrogens with one attached hydrogen (secondary N) is 1. The zero-order chi connectivity index (χ0) is 19.8. The highest BCUT2D eigenvalue weighted by atomic mass is 32.1. The molecule has 0 radical (unpaired) electrons. The van der Waals surface area contributed by atoms with E-state index in [9.17, 15) is 19.8 Å².